The van der Waals surface area contributed by atoms with Gasteiger partial charge in [-0.1, -0.05) is 0 Å². The van der Waals surface area contributed by atoms with E-state index in [1.54, 1.807) is 0 Å². The van der Waals surface area contributed by atoms with E-state index in [2.05, 4.69) is 16.7 Å². The van der Waals surface area contributed by atoms with Crippen LogP contribution in [0.4, 0.5) is 11.4 Å². The summed E-state index contributed by atoms with van der Waals surface area (Å²) in [5.74, 6) is -0.437. The summed E-state index contributed by atoms with van der Waals surface area (Å²) in [7, 11) is 0. The van der Waals surface area contributed by atoms with Gasteiger partial charge in [0, 0.05) is 63.9 Å². The van der Waals surface area contributed by atoms with Crippen LogP contribution in [0, 0.1) is 6.07 Å². The van der Waals surface area contributed by atoms with Crippen molar-refractivity contribution in [3.8, 4) is 5.75 Å². The summed E-state index contributed by atoms with van der Waals surface area (Å²) in [6.07, 6.45) is 1.44. The van der Waals surface area contributed by atoms with Gasteiger partial charge in [-0.2, -0.15) is 12.1 Å². The minimum atomic E-state index is -0.295. The standard InChI is InChI=1S/C9H8N2O3.V.Y/c1-6(13)11-8-3-2-7(10-5-12)4-9(8)14;;/h3-4,14H,1H3,(H,10,12)(H,11,13);;/q-2;;. The van der Waals surface area contributed by atoms with Gasteiger partial charge in [0.25, 0.3) is 0 Å². The second-order valence-electron chi connectivity index (χ2n) is 2.55. The molecule has 1 aromatic carbocycles. The molecule has 0 aromatic heterocycles. The molecule has 1 aromatic rings. The summed E-state index contributed by atoms with van der Waals surface area (Å²) in [6, 6.07) is 5.25. The first-order valence-electron chi connectivity index (χ1n) is 3.79. The van der Waals surface area contributed by atoms with Gasteiger partial charge in [-0.3, -0.25) is 10.9 Å². The number of amides is 2. The SMILES string of the molecule is CC(=O)Nc1c[c-]c(N[C-]=O)cc1O.[V].[Y]. The van der Waals surface area contributed by atoms with E-state index in [1.165, 1.54) is 25.5 Å². The number of anilines is 2. The molecule has 82 valence electrons. The van der Waals surface area contributed by atoms with E-state index >= 15 is 0 Å². The summed E-state index contributed by atoms with van der Waals surface area (Å²) in [6.45, 7) is 1.32. The third kappa shape index (κ3) is 5.66. The van der Waals surface area contributed by atoms with Gasteiger partial charge in [0.1, 0.15) is 0 Å². The van der Waals surface area contributed by atoms with Crippen molar-refractivity contribution in [3.63, 3.8) is 0 Å². The quantitative estimate of drug-likeness (QED) is 0.432. The summed E-state index contributed by atoms with van der Waals surface area (Å²) >= 11 is 0. The van der Waals surface area contributed by atoms with Crippen molar-refractivity contribution in [1.29, 1.82) is 0 Å². The van der Waals surface area contributed by atoms with Crippen molar-refractivity contribution >= 4 is 23.7 Å². The summed E-state index contributed by atoms with van der Waals surface area (Å²) in [5.41, 5.74) is 0.528. The predicted octanol–water partition coefficient (Wildman–Crippen LogP) is 0.625. The normalized spacial score (nSPS) is 8.06. The average Bonchev–Trinajstić information content (AvgIpc) is 2.10. The predicted molar refractivity (Wildman–Crippen MR) is 50.6 cm³/mol. The molecule has 0 heterocycles. The smallest absolute Gasteiger partial charge is 0.210 e. The van der Waals surface area contributed by atoms with Crippen molar-refractivity contribution < 1.29 is 66.0 Å². The fourth-order valence-corrected chi connectivity index (χ4v) is 0.897. The van der Waals surface area contributed by atoms with E-state index in [4.69, 9.17) is 0 Å². The molecule has 0 aliphatic heterocycles. The van der Waals surface area contributed by atoms with Crippen LogP contribution in [0.1, 0.15) is 6.92 Å². The molecule has 0 aliphatic carbocycles. The van der Waals surface area contributed by atoms with E-state index < -0.39 is 0 Å². The number of hydrogen-bond acceptors (Lipinski definition) is 3. The second-order valence-corrected chi connectivity index (χ2v) is 2.55. The van der Waals surface area contributed by atoms with Crippen molar-refractivity contribution in [1.82, 2.24) is 0 Å². The molecule has 0 atom stereocenters. The van der Waals surface area contributed by atoms with Gasteiger partial charge in [-0.05, 0) is 5.69 Å². The van der Waals surface area contributed by atoms with Gasteiger partial charge >= 0.3 is 0 Å². The molecular formula is C9H8N2O3VY-2. The van der Waals surface area contributed by atoms with Crippen molar-refractivity contribution in [3.05, 3.63) is 18.2 Å². The molecule has 0 saturated carbocycles. The molecule has 2 amide bonds. The third-order valence-corrected chi connectivity index (χ3v) is 1.43. The van der Waals surface area contributed by atoms with E-state index in [9.17, 15) is 14.7 Å². The number of nitrogens with one attached hydrogen (secondary N) is 2. The van der Waals surface area contributed by atoms with Crippen LogP contribution < -0.4 is 10.6 Å². The maximum atomic E-state index is 10.7. The number of rotatable bonds is 3. The van der Waals surface area contributed by atoms with Crippen LogP contribution in [0.3, 0.4) is 0 Å². The van der Waals surface area contributed by atoms with Crippen molar-refractivity contribution in [2.45, 2.75) is 6.92 Å². The van der Waals surface area contributed by atoms with Gasteiger partial charge in [0.05, 0.1) is 6.41 Å². The van der Waals surface area contributed by atoms with Crippen LogP contribution in [0.25, 0.3) is 0 Å². The fourth-order valence-electron chi connectivity index (χ4n) is 0.897. The van der Waals surface area contributed by atoms with Crippen molar-refractivity contribution in [2.24, 2.45) is 0 Å². The molecule has 0 spiro atoms. The first kappa shape index (κ1) is 18.0. The monoisotopic (exact) mass is 332 g/mol. The minimum absolute atomic E-state index is 0. The molecule has 0 aliphatic rings. The topological polar surface area (TPSA) is 78.4 Å². The van der Waals surface area contributed by atoms with Crippen LogP contribution in [-0.2, 0) is 60.9 Å². The number of hydrogen-bond donors (Lipinski definition) is 3. The Morgan fingerprint density at radius 2 is 2.19 bits per heavy atom. The van der Waals surface area contributed by atoms with Gasteiger partial charge in [-0.25, -0.2) is 5.69 Å². The Balaban J connectivity index is 0. The first-order valence-corrected chi connectivity index (χ1v) is 3.79. The Bertz CT molecular complexity index is 374. The molecule has 0 bridgehead atoms. The minimum Gasteiger partial charge on any atom is -0.533 e. The van der Waals surface area contributed by atoms with Crippen LogP contribution in [0.15, 0.2) is 12.1 Å². The van der Waals surface area contributed by atoms with Crippen LogP contribution in [0.2, 0.25) is 0 Å². The molecule has 0 unspecified atom stereocenters. The Labute approximate surface area is 130 Å². The van der Waals surface area contributed by atoms with Gasteiger partial charge in [0.2, 0.25) is 5.91 Å². The Morgan fingerprint density at radius 3 is 2.62 bits per heavy atom. The maximum Gasteiger partial charge on any atom is 0.210 e. The third-order valence-electron chi connectivity index (χ3n) is 1.43. The van der Waals surface area contributed by atoms with E-state index in [0.29, 0.717) is 0 Å². The number of phenols is 1. The molecular weight excluding hydrogens is 324 g/mol. The van der Waals surface area contributed by atoms with Crippen molar-refractivity contribution in [2.75, 3.05) is 10.6 Å². The molecule has 0 saturated heterocycles. The number of carbonyl (C=O) groups excluding carboxylic acids is 2. The summed E-state index contributed by atoms with van der Waals surface area (Å²) < 4.78 is 0. The number of benzene rings is 1. The van der Waals surface area contributed by atoms with Crippen LogP contribution in [0.5, 0.6) is 5.75 Å². The average molecular weight is 332 g/mol. The van der Waals surface area contributed by atoms with E-state index in [0.717, 1.165) is 0 Å². The molecule has 0 fully saturated rings. The van der Waals surface area contributed by atoms with Crippen LogP contribution >= 0.6 is 0 Å². The Hall–Kier alpha value is -0.352. The number of carbonyl (C=O) groups is 1. The van der Waals surface area contributed by atoms with Gasteiger partial charge in [0.15, 0.2) is 0 Å². The molecule has 2 radical (unpaired) electrons. The van der Waals surface area contributed by atoms with Crippen LogP contribution in [-0.4, -0.2) is 17.4 Å². The zero-order valence-electron chi connectivity index (χ0n) is 8.44. The van der Waals surface area contributed by atoms with Gasteiger partial charge in [-0.15, -0.1) is 0 Å². The first-order chi connectivity index (χ1) is 6.63. The zero-order valence-corrected chi connectivity index (χ0v) is 12.7. The molecule has 5 nitrogen and oxygen atoms in total. The number of phenolic OH excluding ortho intramolecular Hbond substituents is 1. The summed E-state index contributed by atoms with van der Waals surface area (Å²) in [4.78, 5) is 20.6. The Kier molecular flexibility index (Phi) is 9.87. The van der Waals surface area contributed by atoms with E-state index in [1.807, 2.05) is 0 Å². The number of aromatic hydroxyl groups is 1. The van der Waals surface area contributed by atoms with E-state index in [-0.39, 0.29) is 74.3 Å². The second kappa shape index (κ2) is 8.76. The van der Waals surface area contributed by atoms with Gasteiger partial charge < -0.3 is 20.5 Å². The molecule has 16 heavy (non-hydrogen) atoms. The Morgan fingerprint density at radius 1 is 1.56 bits per heavy atom. The molecule has 7 heteroatoms. The molecule has 3 N–H and O–H groups in total. The maximum absolute atomic E-state index is 10.7. The summed E-state index contributed by atoms with van der Waals surface area (Å²) in [5, 5.41) is 14.0. The zero-order chi connectivity index (χ0) is 10.6. The molecule has 1 rings (SSSR count). The largest absolute Gasteiger partial charge is 0.533 e. The fraction of sp³-hybridized carbons (Fsp3) is 0.111.